The highest BCUT2D eigenvalue weighted by Crippen LogP contribution is 2.38. The van der Waals surface area contributed by atoms with Crippen LogP contribution in [0.3, 0.4) is 0 Å². The summed E-state index contributed by atoms with van der Waals surface area (Å²) in [6, 6.07) is 26.4. The molecular weight excluding hydrogens is 378 g/mol. The van der Waals surface area contributed by atoms with E-state index >= 15 is 0 Å². The van der Waals surface area contributed by atoms with Gasteiger partial charge in [-0.25, -0.2) is 0 Å². The van der Waals surface area contributed by atoms with Crippen LogP contribution in [0.25, 0.3) is 5.57 Å². The summed E-state index contributed by atoms with van der Waals surface area (Å²) in [4.78, 5) is 16.3. The molecule has 1 aliphatic rings. The van der Waals surface area contributed by atoms with E-state index < -0.39 is 0 Å². The Balaban J connectivity index is 1.84. The number of nitrogens with zero attached hydrogens (tertiary/aromatic N) is 1. The first-order valence-corrected chi connectivity index (χ1v) is 10.8. The molecule has 0 atom stereocenters. The fraction of sp³-hybridized carbons (Fsp3) is 0.160. The number of benzene rings is 3. The van der Waals surface area contributed by atoms with Crippen LogP contribution in [0.5, 0.6) is 5.75 Å². The van der Waals surface area contributed by atoms with E-state index in [0.717, 1.165) is 38.5 Å². The molecule has 3 aromatic carbocycles. The maximum absolute atomic E-state index is 13.6. The minimum atomic E-state index is 0.0726. The lowest BCUT2D eigenvalue weighted by molar-refractivity contribution is -0.127. The van der Waals surface area contributed by atoms with Gasteiger partial charge in [-0.15, -0.1) is 11.8 Å². The van der Waals surface area contributed by atoms with Gasteiger partial charge >= 0.3 is 0 Å². The Kier molecular flexibility index (Phi) is 5.72. The molecule has 4 heteroatoms. The molecule has 0 N–H and O–H groups in total. The molecule has 4 rings (SSSR count). The molecule has 3 aromatic rings. The van der Waals surface area contributed by atoms with Crippen LogP contribution in [0.15, 0.2) is 83.8 Å². The molecule has 146 valence electrons. The molecule has 0 spiro atoms. The van der Waals surface area contributed by atoms with Crippen molar-refractivity contribution in [2.75, 3.05) is 13.4 Å². The van der Waals surface area contributed by atoms with Crippen molar-refractivity contribution >= 4 is 23.2 Å². The van der Waals surface area contributed by atoms with Crippen molar-refractivity contribution in [3.8, 4) is 5.75 Å². The number of carbonyl (C=O) groups excluding carboxylic acids is 1. The van der Waals surface area contributed by atoms with Gasteiger partial charge < -0.3 is 9.64 Å². The van der Waals surface area contributed by atoms with Crippen LogP contribution in [0.1, 0.15) is 22.3 Å². The summed E-state index contributed by atoms with van der Waals surface area (Å²) in [5.41, 5.74) is 5.43. The summed E-state index contributed by atoms with van der Waals surface area (Å²) in [5.74, 6) is 0.877. The van der Waals surface area contributed by atoms with Gasteiger partial charge in [0, 0.05) is 18.7 Å². The number of rotatable bonds is 5. The smallest absolute Gasteiger partial charge is 0.261 e. The SMILES string of the molecule is COc1ccc(C2=C(SC)C(=O)N(Cc3ccccc3)Cc3ccccc32)cc1. The van der Waals surface area contributed by atoms with Crippen molar-refractivity contribution in [2.45, 2.75) is 13.1 Å². The van der Waals surface area contributed by atoms with Gasteiger partial charge in [0.15, 0.2) is 0 Å². The zero-order valence-corrected chi connectivity index (χ0v) is 17.4. The summed E-state index contributed by atoms with van der Waals surface area (Å²) in [7, 11) is 1.66. The van der Waals surface area contributed by atoms with Crippen molar-refractivity contribution < 1.29 is 9.53 Å². The third-order valence-corrected chi connectivity index (χ3v) is 5.94. The number of hydrogen-bond donors (Lipinski definition) is 0. The summed E-state index contributed by atoms with van der Waals surface area (Å²) >= 11 is 1.52. The van der Waals surface area contributed by atoms with Crippen molar-refractivity contribution in [3.05, 3.63) is 106 Å². The number of ether oxygens (including phenoxy) is 1. The predicted octanol–water partition coefficient (Wildman–Crippen LogP) is 5.36. The zero-order chi connectivity index (χ0) is 20.2. The first kappa shape index (κ1) is 19.3. The highest BCUT2D eigenvalue weighted by atomic mass is 32.2. The molecule has 0 aromatic heterocycles. The summed E-state index contributed by atoms with van der Waals surface area (Å²) < 4.78 is 5.31. The number of hydrogen-bond acceptors (Lipinski definition) is 3. The highest BCUT2D eigenvalue weighted by Gasteiger charge is 2.28. The van der Waals surface area contributed by atoms with E-state index in [9.17, 15) is 4.79 Å². The molecular formula is C25H23NO2S. The fourth-order valence-corrected chi connectivity index (χ4v) is 4.45. The largest absolute Gasteiger partial charge is 0.497 e. The van der Waals surface area contributed by atoms with Gasteiger partial charge in [0.1, 0.15) is 5.75 Å². The van der Waals surface area contributed by atoms with Crippen molar-refractivity contribution in [1.82, 2.24) is 4.90 Å². The molecule has 0 radical (unpaired) electrons. The van der Waals surface area contributed by atoms with Crippen LogP contribution in [0, 0.1) is 0 Å². The first-order valence-electron chi connectivity index (χ1n) is 9.55. The second-order valence-electron chi connectivity index (χ2n) is 6.94. The van der Waals surface area contributed by atoms with E-state index in [1.54, 1.807) is 7.11 Å². The number of thioether (sulfide) groups is 1. The number of fused-ring (bicyclic) bond motifs is 1. The average Bonchev–Trinajstić information content (AvgIpc) is 2.89. The lowest BCUT2D eigenvalue weighted by atomic mass is 9.94. The molecule has 0 unspecified atom stereocenters. The van der Waals surface area contributed by atoms with Crippen LogP contribution in [-0.2, 0) is 17.9 Å². The second-order valence-corrected chi connectivity index (χ2v) is 7.76. The standard InChI is InChI=1S/C25H23NO2S/c1-28-21-14-12-19(13-15-21)23-22-11-7-6-10-20(22)17-26(25(27)24(23)29-2)16-18-8-4-3-5-9-18/h3-15H,16-17H2,1-2H3. The Labute approximate surface area is 176 Å². The molecule has 0 bridgehead atoms. The third-order valence-electron chi connectivity index (χ3n) is 5.16. The van der Waals surface area contributed by atoms with E-state index in [0.29, 0.717) is 13.1 Å². The van der Waals surface area contributed by atoms with Gasteiger partial charge in [0.05, 0.1) is 12.0 Å². The van der Waals surface area contributed by atoms with Crippen LogP contribution in [0.2, 0.25) is 0 Å². The Bertz CT molecular complexity index is 1040. The fourth-order valence-electron chi connectivity index (χ4n) is 3.72. The van der Waals surface area contributed by atoms with Gasteiger partial charge in [-0.2, -0.15) is 0 Å². The molecule has 1 heterocycles. The van der Waals surface area contributed by atoms with Crippen LogP contribution >= 0.6 is 11.8 Å². The molecule has 1 aliphatic heterocycles. The highest BCUT2D eigenvalue weighted by molar-refractivity contribution is 8.03. The van der Waals surface area contributed by atoms with Gasteiger partial charge in [-0.1, -0.05) is 66.7 Å². The van der Waals surface area contributed by atoms with Crippen LogP contribution in [-0.4, -0.2) is 24.2 Å². The lowest BCUT2D eigenvalue weighted by Crippen LogP contribution is -2.29. The zero-order valence-electron chi connectivity index (χ0n) is 16.6. The van der Waals surface area contributed by atoms with Crippen molar-refractivity contribution in [2.24, 2.45) is 0 Å². The average molecular weight is 402 g/mol. The predicted molar refractivity (Wildman–Crippen MR) is 120 cm³/mol. The topological polar surface area (TPSA) is 29.5 Å². The Hall–Kier alpha value is -2.98. The number of methoxy groups -OCH3 is 1. The van der Waals surface area contributed by atoms with Crippen LogP contribution < -0.4 is 4.74 Å². The summed E-state index contributed by atoms with van der Waals surface area (Å²) in [6.45, 7) is 1.18. The Morgan fingerprint density at radius 1 is 0.931 bits per heavy atom. The number of carbonyl (C=O) groups is 1. The van der Waals surface area contributed by atoms with Crippen LogP contribution in [0.4, 0.5) is 0 Å². The minimum absolute atomic E-state index is 0.0726. The molecule has 0 saturated heterocycles. The van der Waals surface area contributed by atoms with E-state index in [1.165, 1.54) is 11.8 Å². The molecule has 0 aliphatic carbocycles. The third kappa shape index (κ3) is 3.94. The molecule has 0 fully saturated rings. The van der Waals surface area contributed by atoms with E-state index in [1.807, 2.05) is 65.8 Å². The summed E-state index contributed by atoms with van der Waals surface area (Å²) in [5, 5.41) is 0. The van der Waals surface area contributed by atoms with Gasteiger partial charge in [-0.3, -0.25) is 4.79 Å². The normalized spacial score (nSPS) is 13.9. The Morgan fingerprint density at radius 3 is 2.31 bits per heavy atom. The second kappa shape index (κ2) is 8.58. The van der Waals surface area contributed by atoms with E-state index in [2.05, 4.69) is 24.3 Å². The maximum Gasteiger partial charge on any atom is 0.261 e. The first-order chi connectivity index (χ1) is 14.2. The van der Waals surface area contributed by atoms with Crippen molar-refractivity contribution in [1.29, 1.82) is 0 Å². The Morgan fingerprint density at radius 2 is 1.62 bits per heavy atom. The van der Waals surface area contributed by atoms with Gasteiger partial charge in [0.25, 0.3) is 5.91 Å². The quantitative estimate of drug-likeness (QED) is 0.576. The lowest BCUT2D eigenvalue weighted by Gasteiger charge is -2.22. The molecule has 0 saturated carbocycles. The molecule has 29 heavy (non-hydrogen) atoms. The van der Waals surface area contributed by atoms with Crippen molar-refractivity contribution in [3.63, 3.8) is 0 Å². The number of amides is 1. The molecule has 1 amide bonds. The minimum Gasteiger partial charge on any atom is -0.497 e. The van der Waals surface area contributed by atoms with Gasteiger partial charge in [0.2, 0.25) is 0 Å². The van der Waals surface area contributed by atoms with Gasteiger partial charge in [-0.05, 0) is 40.6 Å². The monoisotopic (exact) mass is 401 g/mol. The van der Waals surface area contributed by atoms with E-state index in [-0.39, 0.29) is 5.91 Å². The van der Waals surface area contributed by atoms with E-state index in [4.69, 9.17) is 4.74 Å². The summed E-state index contributed by atoms with van der Waals surface area (Å²) in [6.07, 6.45) is 1.98. The molecule has 3 nitrogen and oxygen atoms in total. The maximum atomic E-state index is 13.6.